The summed E-state index contributed by atoms with van der Waals surface area (Å²) in [6.45, 7) is 6.39. The minimum absolute atomic E-state index is 0.116. The Hall–Kier alpha value is -1.55. The summed E-state index contributed by atoms with van der Waals surface area (Å²) in [6.07, 6.45) is 1.47. The summed E-state index contributed by atoms with van der Waals surface area (Å²) < 4.78 is 0. The maximum Gasteiger partial charge on any atom is 0.303 e. The van der Waals surface area contributed by atoms with Crippen LogP contribution in [-0.4, -0.2) is 23.5 Å². The van der Waals surface area contributed by atoms with E-state index in [0.29, 0.717) is 23.6 Å². The molecule has 21 heavy (non-hydrogen) atoms. The van der Waals surface area contributed by atoms with Crippen LogP contribution < -0.4 is 5.32 Å². The average molecular weight is 312 g/mol. The van der Waals surface area contributed by atoms with Gasteiger partial charge < -0.3 is 10.4 Å². The van der Waals surface area contributed by atoms with Gasteiger partial charge in [-0.15, -0.1) is 0 Å². The molecule has 1 aromatic carbocycles. The van der Waals surface area contributed by atoms with Crippen LogP contribution in [0.4, 0.5) is 0 Å². The molecule has 0 saturated heterocycles. The molecule has 0 spiro atoms. The summed E-state index contributed by atoms with van der Waals surface area (Å²) in [5.74, 6) is -0.939. The van der Waals surface area contributed by atoms with Gasteiger partial charge in [0.25, 0.3) is 5.91 Å². The van der Waals surface area contributed by atoms with E-state index < -0.39 is 5.97 Å². The van der Waals surface area contributed by atoms with Crippen LogP contribution >= 0.6 is 11.6 Å². The van der Waals surface area contributed by atoms with Crippen molar-refractivity contribution in [2.45, 2.75) is 40.0 Å². The molecule has 0 aromatic heterocycles. The number of carboxylic acid groups (broad SMARTS) is 1. The predicted molar refractivity (Wildman–Crippen MR) is 83.8 cm³/mol. The van der Waals surface area contributed by atoms with Gasteiger partial charge in [-0.05, 0) is 42.9 Å². The van der Waals surface area contributed by atoms with E-state index in [1.807, 2.05) is 26.8 Å². The molecule has 1 rings (SSSR count). The molecule has 0 radical (unpaired) electrons. The Labute approximate surface area is 130 Å². The SMILES string of the molecule is Cc1ccc(Cl)cc1C(=O)NCCC(C)(C)CCC(=O)O. The molecule has 1 amide bonds. The van der Waals surface area contributed by atoms with Gasteiger partial charge in [0.2, 0.25) is 0 Å². The minimum atomic E-state index is -0.790. The highest BCUT2D eigenvalue weighted by Crippen LogP contribution is 2.26. The van der Waals surface area contributed by atoms with Crippen molar-refractivity contribution in [2.24, 2.45) is 5.41 Å². The first-order chi connectivity index (χ1) is 9.71. The highest BCUT2D eigenvalue weighted by atomic mass is 35.5. The maximum atomic E-state index is 12.1. The standard InChI is InChI=1S/C16H22ClNO3/c1-11-4-5-12(17)10-13(11)15(21)18-9-8-16(2,3)7-6-14(19)20/h4-5,10H,6-9H2,1-3H3,(H,18,21)(H,19,20). The Morgan fingerprint density at radius 3 is 2.57 bits per heavy atom. The largest absolute Gasteiger partial charge is 0.481 e. The molecule has 0 aliphatic heterocycles. The number of nitrogens with one attached hydrogen (secondary N) is 1. The summed E-state index contributed by atoms with van der Waals surface area (Å²) in [5.41, 5.74) is 1.34. The van der Waals surface area contributed by atoms with E-state index in [4.69, 9.17) is 16.7 Å². The lowest BCUT2D eigenvalue weighted by Gasteiger charge is -2.23. The molecule has 0 aliphatic carbocycles. The lowest BCUT2D eigenvalue weighted by molar-refractivity contribution is -0.137. The predicted octanol–water partition coefficient (Wildman–Crippen LogP) is 3.66. The van der Waals surface area contributed by atoms with Gasteiger partial charge in [-0.2, -0.15) is 0 Å². The number of carbonyl (C=O) groups excluding carboxylic acids is 1. The molecule has 1 aromatic rings. The monoisotopic (exact) mass is 311 g/mol. The zero-order chi connectivity index (χ0) is 16.0. The number of amides is 1. The number of carbonyl (C=O) groups is 2. The second-order valence-corrected chi connectivity index (χ2v) is 6.46. The Balaban J connectivity index is 2.50. The van der Waals surface area contributed by atoms with Crippen LogP contribution in [0.5, 0.6) is 0 Å². The van der Waals surface area contributed by atoms with E-state index in [-0.39, 0.29) is 17.7 Å². The van der Waals surface area contributed by atoms with Crippen molar-refractivity contribution in [1.82, 2.24) is 5.32 Å². The molecule has 0 bridgehead atoms. The highest BCUT2D eigenvalue weighted by Gasteiger charge is 2.19. The molecular weight excluding hydrogens is 290 g/mol. The van der Waals surface area contributed by atoms with Crippen LogP contribution in [0.1, 0.15) is 49.0 Å². The highest BCUT2D eigenvalue weighted by molar-refractivity contribution is 6.31. The van der Waals surface area contributed by atoms with Gasteiger partial charge in [-0.25, -0.2) is 0 Å². The van der Waals surface area contributed by atoms with Crippen molar-refractivity contribution in [1.29, 1.82) is 0 Å². The van der Waals surface area contributed by atoms with Gasteiger partial charge in [0.05, 0.1) is 0 Å². The lowest BCUT2D eigenvalue weighted by Crippen LogP contribution is -2.29. The second kappa shape index (κ2) is 7.46. The number of benzene rings is 1. The third-order valence-corrected chi connectivity index (χ3v) is 3.78. The van der Waals surface area contributed by atoms with Crippen molar-refractivity contribution in [3.05, 3.63) is 34.3 Å². The van der Waals surface area contributed by atoms with Gasteiger partial charge >= 0.3 is 5.97 Å². The van der Waals surface area contributed by atoms with E-state index in [1.165, 1.54) is 0 Å². The van der Waals surface area contributed by atoms with E-state index in [9.17, 15) is 9.59 Å². The van der Waals surface area contributed by atoms with Crippen molar-refractivity contribution >= 4 is 23.5 Å². The van der Waals surface area contributed by atoms with Crippen molar-refractivity contribution in [2.75, 3.05) is 6.54 Å². The smallest absolute Gasteiger partial charge is 0.303 e. The van der Waals surface area contributed by atoms with E-state index in [0.717, 1.165) is 12.0 Å². The van der Waals surface area contributed by atoms with Gasteiger partial charge in [-0.1, -0.05) is 31.5 Å². The Kier molecular flexibility index (Phi) is 6.21. The molecule has 0 unspecified atom stereocenters. The van der Waals surface area contributed by atoms with Crippen LogP contribution in [0.25, 0.3) is 0 Å². The van der Waals surface area contributed by atoms with Gasteiger partial charge in [0, 0.05) is 23.6 Å². The Bertz CT molecular complexity index is 526. The van der Waals surface area contributed by atoms with Crippen LogP contribution in [0, 0.1) is 12.3 Å². The van der Waals surface area contributed by atoms with E-state index >= 15 is 0 Å². The zero-order valence-electron chi connectivity index (χ0n) is 12.7. The second-order valence-electron chi connectivity index (χ2n) is 6.02. The number of rotatable bonds is 7. The maximum absolute atomic E-state index is 12.1. The van der Waals surface area contributed by atoms with Crippen LogP contribution in [0.2, 0.25) is 5.02 Å². The Morgan fingerprint density at radius 2 is 1.95 bits per heavy atom. The number of hydrogen-bond acceptors (Lipinski definition) is 2. The normalized spacial score (nSPS) is 11.2. The molecule has 0 heterocycles. The first-order valence-electron chi connectivity index (χ1n) is 6.97. The fourth-order valence-electron chi connectivity index (χ4n) is 2.02. The summed E-state index contributed by atoms with van der Waals surface area (Å²) in [4.78, 5) is 22.7. The average Bonchev–Trinajstić information content (AvgIpc) is 2.39. The van der Waals surface area contributed by atoms with Crippen molar-refractivity contribution < 1.29 is 14.7 Å². The molecule has 0 fully saturated rings. The molecule has 0 atom stereocenters. The summed E-state index contributed by atoms with van der Waals surface area (Å²) in [7, 11) is 0. The Morgan fingerprint density at radius 1 is 1.29 bits per heavy atom. The van der Waals surface area contributed by atoms with Gasteiger partial charge in [-0.3, -0.25) is 9.59 Å². The molecule has 4 nitrogen and oxygen atoms in total. The summed E-state index contributed by atoms with van der Waals surface area (Å²) in [5, 5.41) is 12.1. The summed E-state index contributed by atoms with van der Waals surface area (Å²) >= 11 is 5.90. The summed E-state index contributed by atoms with van der Waals surface area (Å²) in [6, 6.07) is 5.22. The van der Waals surface area contributed by atoms with E-state index in [1.54, 1.807) is 12.1 Å². The van der Waals surface area contributed by atoms with Crippen molar-refractivity contribution in [3.8, 4) is 0 Å². The number of hydrogen-bond donors (Lipinski definition) is 2. The topological polar surface area (TPSA) is 66.4 Å². The third-order valence-electron chi connectivity index (χ3n) is 3.55. The fraction of sp³-hybridized carbons (Fsp3) is 0.500. The number of aliphatic carboxylic acids is 1. The van der Waals surface area contributed by atoms with Crippen LogP contribution in [-0.2, 0) is 4.79 Å². The van der Waals surface area contributed by atoms with E-state index in [2.05, 4.69) is 5.32 Å². The molecule has 5 heteroatoms. The molecular formula is C16H22ClNO3. The molecule has 2 N–H and O–H groups in total. The van der Waals surface area contributed by atoms with Crippen LogP contribution in [0.3, 0.4) is 0 Å². The number of halogens is 1. The van der Waals surface area contributed by atoms with Gasteiger partial charge in [0.15, 0.2) is 0 Å². The number of carboxylic acids is 1. The molecule has 116 valence electrons. The molecule has 0 aliphatic rings. The lowest BCUT2D eigenvalue weighted by atomic mass is 9.84. The first-order valence-corrected chi connectivity index (χ1v) is 7.35. The van der Waals surface area contributed by atoms with Crippen LogP contribution in [0.15, 0.2) is 18.2 Å². The fourth-order valence-corrected chi connectivity index (χ4v) is 2.19. The first kappa shape index (κ1) is 17.5. The van der Waals surface area contributed by atoms with Crippen molar-refractivity contribution in [3.63, 3.8) is 0 Å². The third kappa shape index (κ3) is 6.17. The zero-order valence-corrected chi connectivity index (χ0v) is 13.5. The number of aryl methyl sites for hydroxylation is 1. The quantitative estimate of drug-likeness (QED) is 0.807. The van der Waals surface area contributed by atoms with Gasteiger partial charge in [0.1, 0.15) is 0 Å². The molecule has 0 saturated carbocycles. The minimum Gasteiger partial charge on any atom is -0.481 e.